The Kier molecular flexibility index (Phi) is 2.97. The first-order valence-corrected chi connectivity index (χ1v) is 6.81. The fourth-order valence-electron chi connectivity index (χ4n) is 3.10. The van der Waals surface area contributed by atoms with E-state index in [0.29, 0.717) is 0 Å². The van der Waals surface area contributed by atoms with Gasteiger partial charge in [-0.25, -0.2) is 0 Å². The zero-order chi connectivity index (χ0) is 13.6. The van der Waals surface area contributed by atoms with Gasteiger partial charge >= 0.3 is 0 Å². The molecular weight excluding hydrogens is 244 g/mol. The molecule has 0 spiro atoms. The molecular formula is C13H20N4O2. The van der Waals surface area contributed by atoms with Crippen LogP contribution in [0.15, 0.2) is 0 Å². The van der Waals surface area contributed by atoms with Gasteiger partial charge in [-0.2, -0.15) is 5.10 Å². The van der Waals surface area contributed by atoms with Crippen molar-refractivity contribution in [3.63, 3.8) is 0 Å². The first-order chi connectivity index (χ1) is 9.15. The number of ether oxygens (including phenoxy) is 1. The molecule has 0 radical (unpaired) electrons. The third-order valence-electron chi connectivity index (χ3n) is 4.00. The largest absolute Gasteiger partial charge is 0.380 e. The maximum atomic E-state index is 12.2. The van der Waals surface area contributed by atoms with E-state index in [1.165, 1.54) is 0 Å². The van der Waals surface area contributed by atoms with Crippen molar-refractivity contribution in [2.24, 2.45) is 7.05 Å². The van der Waals surface area contributed by atoms with Crippen molar-refractivity contribution in [3.8, 4) is 0 Å². The number of rotatable bonds is 3. The molecule has 1 aromatic rings. The highest BCUT2D eigenvalue weighted by Crippen LogP contribution is 2.39. The number of amides is 1. The van der Waals surface area contributed by atoms with Crippen LogP contribution < -0.4 is 10.2 Å². The molecule has 6 heteroatoms. The molecule has 19 heavy (non-hydrogen) atoms. The molecule has 1 N–H and O–H groups in total. The van der Waals surface area contributed by atoms with Crippen molar-refractivity contribution in [2.45, 2.75) is 38.3 Å². The minimum atomic E-state index is -0.123. The number of aromatic nitrogens is 2. The SMILES string of the molecule is CCCc1nn(C)c2c1NC(=O)C1CC(OC)CN21. The molecule has 1 saturated heterocycles. The second-order valence-electron chi connectivity index (χ2n) is 5.27. The molecule has 3 heterocycles. The Morgan fingerprint density at radius 2 is 2.32 bits per heavy atom. The summed E-state index contributed by atoms with van der Waals surface area (Å²) in [6, 6.07) is -0.123. The Labute approximate surface area is 112 Å². The van der Waals surface area contributed by atoms with Gasteiger partial charge < -0.3 is 15.0 Å². The van der Waals surface area contributed by atoms with Gasteiger partial charge in [-0.3, -0.25) is 9.48 Å². The van der Waals surface area contributed by atoms with Gasteiger partial charge in [-0.1, -0.05) is 13.3 Å². The van der Waals surface area contributed by atoms with E-state index in [4.69, 9.17) is 4.74 Å². The molecule has 1 amide bonds. The summed E-state index contributed by atoms with van der Waals surface area (Å²) in [5.41, 5.74) is 1.87. The third kappa shape index (κ3) is 1.82. The molecule has 0 aromatic carbocycles. The fourth-order valence-corrected chi connectivity index (χ4v) is 3.10. The molecule has 104 valence electrons. The van der Waals surface area contributed by atoms with Crippen LogP contribution in [0, 0.1) is 0 Å². The van der Waals surface area contributed by atoms with Crippen molar-refractivity contribution >= 4 is 17.4 Å². The molecule has 2 unspecified atom stereocenters. The monoisotopic (exact) mass is 264 g/mol. The summed E-state index contributed by atoms with van der Waals surface area (Å²) in [6.45, 7) is 2.87. The van der Waals surface area contributed by atoms with Gasteiger partial charge in [-0.15, -0.1) is 0 Å². The first-order valence-electron chi connectivity index (χ1n) is 6.81. The van der Waals surface area contributed by atoms with Gasteiger partial charge in [0.1, 0.15) is 11.7 Å². The van der Waals surface area contributed by atoms with E-state index in [1.54, 1.807) is 7.11 Å². The average molecular weight is 264 g/mol. The number of nitrogens with one attached hydrogen (secondary N) is 1. The highest BCUT2D eigenvalue weighted by Gasteiger charge is 2.43. The summed E-state index contributed by atoms with van der Waals surface area (Å²) in [6.07, 6.45) is 2.76. The number of fused-ring (bicyclic) bond motifs is 3. The maximum Gasteiger partial charge on any atom is 0.247 e. The lowest BCUT2D eigenvalue weighted by atomic mass is 10.1. The molecule has 1 aromatic heterocycles. The van der Waals surface area contributed by atoms with E-state index in [-0.39, 0.29) is 18.1 Å². The molecule has 0 saturated carbocycles. The van der Waals surface area contributed by atoms with E-state index >= 15 is 0 Å². The fraction of sp³-hybridized carbons (Fsp3) is 0.692. The van der Waals surface area contributed by atoms with Gasteiger partial charge in [0.15, 0.2) is 5.82 Å². The van der Waals surface area contributed by atoms with Crippen LogP contribution in [0.1, 0.15) is 25.5 Å². The van der Waals surface area contributed by atoms with E-state index in [1.807, 2.05) is 11.7 Å². The number of anilines is 2. The van der Waals surface area contributed by atoms with Crippen LogP contribution in [-0.2, 0) is 23.0 Å². The van der Waals surface area contributed by atoms with E-state index in [9.17, 15) is 4.79 Å². The summed E-state index contributed by atoms with van der Waals surface area (Å²) in [5.74, 6) is 1.09. The van der Waals surface area contributed by atoms with Crippen LogP contribution in [0.2, 0.25) is 0 Å². The van der Waals surface area contributed by atoms with Crippen LogP contribution in [0.5, 0.6) is 0 Å². The first kappa shape index (κ1) is 12.5. The zero-order valence-corrected chi connectivity index (χ0v) is 11.6. The Bertz CT molecular complexity index is 511. The number of nitrogens with zero attached hydrogens (tertiary/aromatic N) is 3. The van der Waals surface area contributed by atoms with Gasteiger partial charge in [-0.05, 0) is 6.42 Å². The standard InChI is InChI=1S/C13H20N4O2/c1-4-5-9-11-13(16(2)15-9)17-7-8(19-3)6-10(17)12(18)14-11/h8,10H,4-7H2,1-3H3,(H,14,18). The lowest BCUT2D eigenvalue weighted by Crippen LogP contribution is -2.44. The van der Waals surface area contributed by atoms with Crippen LogP contribution in [0.25, 0.3) is 0 Å². The molecule has 6 nitrogen and oxygen atoms in total. The quantitative estimate of drug-likeness (QED) is 0.882. The Morgan fingerprint density at radius 3 is 3.00 bits per heavy atom. The predicted octanol–water partition coefficient (Wildman–Crippen LogP) is 0.918. The lowest BCUT2D eigenvalue weighted by Gasteiger charge is -2.31. The summed E-state index contributed by atoms with van der Waals surface area (Å²) in [7, 11) is 3.64. The average Bonchev–Trinajstić information content (AvgIpc) is 2.93. The van der Waals surface area contributed by atoms with Crippen LogP contribution in [0.3, 0.4) is 0 Å². The summed E-state index contributed by atoms with van der Waals surface area (Å²) in [4.78, 5) is 14.4. The number of methoxy groups -OCH3 is 1. The molecule has 2 atom stereocenters. The minimum absolute atomic E-state index is 0.0670. The number of aryl methyl sites for hydroxylation is 2. The maximum absolute atomic E-state index is 12.2. The molecule has 1 fully saturated rings. The molecule has 0 aliphatic carbocycles. The number of hydrogen-bond donors (Lipinski definition) is 1. The third-order valence-corrected chi connectivity index (χ3v) is 4.00. The second-order valence-corrected chi connectivity index (χ2v) is 5.27. The van der Waals surface area contributed by atoms with Gasteiger partial charge in [0.2, 0.25) is 5.91 Å². The molecule has 3 rings (SSSR count). The second kappa shape index (κ2) is 4.52. The van der Waals surface area contributed by atoms with Crippen LogP contribution >= 0.6 is 0 Å². The van der Waals surface area contributed by atoms with Gasteiger partial charge in [0, 0.05) is 27.1 Å². The predicted molar refractivity (Wildman–Crippen MR) is 72.4 cm³/mol. The summed E-state index contributed by atoms with van der Waals surface area (Å²) >= 11 is 0. The number of carbonyl (C=O) groups is 1. The normalized spacial score (nSPS) is 25.2. The smallest absolute Gasteiger partial charge is 0.247 e. The summed E-state index contributed by atoms with van der Waals surface area (Å²) in [5, 5.41) is 7.58. The van der Waals surface area contributed by atoms with Gasteiger partial charge in [0.25, 0.3) is 0 Å². The van der Waals surface area contributed by atoms with Crippen molar-refractivity contribution in [1.82, 2.24) is 9.78 Å². The highest BCUT2D eigenvalue weighted by atomic mass is 16.5. The van der Waals surface area contributed by atoms with Crippen LogP contribution in [0.4, 0.5) is 11.5 Å². The Morgan fingerprint density at radius 1 is 1.53 bits per heavy atom. The van der Waals surface area contributed by atoms with Crippen molar-refractivity contribution in [3.05, 3.63) is 5.69 Å². The Hall–Kier alpha value is -1.56. The summed E-state index contributed by atoms with van der Waals surface area (Å²) < 4.78 is 7.29. The molecule has 0 bridgehead atoms. The van der Waals surface area contributed by atoms with Crippen molar-refractivity contribution in [1.29, 1.82) is 0 Å². The van der Waals surface area contributed by atoms with E-state index in [2.05, 4.69) is 22.2 Å². The topological polar surface area (TPSA) is 59.4 Å². The van der Waals surface area contributed by atoms with E-state index in [0.717, 1.165) is 43.0 Å². The minimum Gasteiger partial charge on any atom is -0.380 e. The number of carbonyl (C=O) groups excluding carboxylic acids is 1. The van der Waals surface area contributed by atoms with Gasteiger partial charge in [0.05, 0.1) is 11.8 Å². The van der Waals surface area contributed by atoms with E-state index < -0.39 is 0 Å². The lowest BCUT2D eigenvalue weighted by molar-refractivity contribution is -0.117. The zero-order valence-electron chi connectivity index (χ0n) is 11.6. The highest BCUT2D eigenvalue weighted by molar-refractivity contribution is 6.04. The molecule has 2 aliphatic heterocycles. The van der Waals surface area contributed by atoms with Crippen molar-refractivity contribution < 1.29 is 9.53 Å². The van der Waals surface area contributed by atoms with Crippen LogP contribution in [-0.4, -0.2) is 41.5 Å². The molecule has 2 aliphatic rings. The number of hydrogen-bond acceptors (Lipinski definition) is 4. The van der Waals surface area contributed by atoms with Crippen molar-refractivity contribution in [2.75, 3.05) is 23.9 Å². The Balaban J connectivity index is 2.02.